The molecule has 100 valence electrons. The highest BCUT2D eigenvalue weighted by Gasteiger charge is 2.10. The van der Waals surface area contributed by atoms with Crippen LogP contribution in [-0.2, 0) is 0 Å². The van der Waals surface area contributed by atoms with E-state index in [0.717, 1.165) is 13.1 Å². The van der Waals surface area contributed by atoms with Crippen molar-refractivity contribution in [3.8, 4) is 0 Å². The van der Waals surface area contributed by atoms with Gasteiger partial charge in [-0.2, -0.15) is 0 Å². The molecule has 0 radical (unpaired) electrons. The van der Waals surface area contributed by atoms with Crippen LogP contribution in [0.2, 0.25) is 10.0 Å². The van der Waals surface area contributed by atoms with E-state index >= 15 is 0 Å². The van der Waals surface area contributed by atoms with Gasteiger partial charge in [0.2, 0.25) is 0 Å². The molecule has 0 aliphatic rings. The van der Waals surface area contributed by atoms with Crippen molar-refractivity contribution >= 4 is 34.8 Å². The average Bonchev–Trinajstić information content (AvgIpc) is 2.34. The van der Waals surface area contributed by atoms with Crippen molar-refractivity contribution in [3.63, 3.8) is 0 Å². The lowest BCUT2D eigenvalue weighted by atomic mass is 10.2. The van der Waals surface area contributed by atoms with E-state index in [1.54, 1.807) is 0 Å². The summed E-state index contributed by atoms with van der Waals surface area (Å²) in [7, 11) is 1.99. The van der Waals surface area contributed by atoms with E-state index in [1.807, 2.05) is 7.05 Å². The van der Waals surface area contributed by atoms with Gasteiger partial charge in [-0.1, -0.05) is 30.1 Å². The van der Waals surface area contributed by atoms with Crippen LogP contribution in [0.5, 0.6) is 0 Å². The van der Waals surface area contributed by atoms with Gasteiger partial charge in [0.1, 0.15) is 0 Å². The second-order valence-electron chi connectivity index (χ2n) is 4.01. The summed E-state index contributed by atoms with van der Waals surface area (Å²) in [6.07, 6.45) is 0. The smallest absolute Gasteiger partial charge is 0.251 e. The van der Waals surface area contributed by atoms with Crippen molar-refractivity contribution in [2.24, 2.45) is 0 Å². The minimum atomic E-state index is -0.205. The van der Waals surface area contributed by atoms with E-state index in [-0.39, 0.29) is 5.91 Å². The Morgan fingerprint density at radius 3 is 2.44 bits per heavy atom. The highest BCUT2D eigenvalue weighted by atomic mass is 35.5. The van der Waals surface area contributed by atoms with Gasteiger partial charge >= 0.3 is 0 Å². The summed E-state index contributed by atoms with van der Waals surface area (Å²) < 4.78 is 0. The number of benzene rings is 1. The predicted molar refractivity (Wildman–Crippen MR) is 76.4 cm³/mol. The quantitative estimate of drug-likeness (QED) is 0.818. The Labute approximate surface area is 117 Å². The normalized spacial score (nSPS) is 10.7. The topological polar surface area (TPSA) is 58.4 Å². The maximum atomic E-state index is 11.8. The molecular weight excluding hydrogens is 273 g/mol. The zero-order valence-corrected chi connectivity index (χ0v) is 12.0. The van der Waals surface area contributed by atoms with Gasteiger partial charge in [-0.15, -0.1) is 0 Å². The molecule has 0 fully saturated rings. The Morgan fingerprint density at radius 2 is 1.94 bits per heavy atom. The van der Waals surface area contributed by atoms with Crippen LogP contribution < -0.4 is 11.1 Å². The number of amides is 1. The molecule has 0 atom stereocenters. The third-order valence-electron chi connectivity index (χ3n) is 2.66. The van der Waals surface area contributed by atoms with Gasteiger partial charge in [0.25, 0.3) is 5.91 Å². The van der Waals surface area contributed by atoms with Crippen LogP contribution >= 0.6 is 23.2 Å². The van der Waals surface area contributed by atoms with Crippen LogP contribution in [0.1, 0.15) is 17.3 Å². The molecule has 6 heteroatoms. The number of carbonyl (C=O) groups excluding carboxylic acids is 1. The zero-order chi connectivity index (χ0) is 13.7. The van der Waals surface area contributed by atoms with Crippen molar-refractivity contribution in [1.82, 2.24) is 10.2 Å². The van der Waals surface area contributed by atoms with E-state index in [9.17, 15) is 4.79 Å². The van der Waals surface area contributed by atoms with Crippen molar-refractivity contribution in [2.45, 2.75) is 6.92 Å². The Bertz CT molecular complexity index is 414. The first-order valence-corrected chi connectivity index (χ1v) is 6.42. The summed E-state index contributed by atoms with van der Waals surface area (Å²) in [5.74, 6) is -0.205. The van der Waals surface area contributed by atoms with Crippen LogP contribution in [0, 0.1) is 0 Å². The standard InChI is InChI=1S/C12H17Cl2N3O/c1-3-17(2)5-4-16-12(18)8-6-9(13)11(15)10(14)7-8/h6-7H,3-5,15H2,1-2H3,(H,16,18). The Morgan fingerprint density at radius 1 is 1.39 bits per heavy atom. The van der Waals surface area contributed by atoms with Gasteiger partial charge in [-0.3, -0.25) is 4.79 Å². The number of nitrogens with zero attached hydrogens (tertiary/aromatic N) is 1. The SMILES string of the molecule is CCN(C)CCNC(=O)c1cc(Cl)c(N)c(Cl)c1. The maximum Gasteiger partial charge on any atom is 0.251 e. The minimum absolute atomic E-state index is 0.205. The third-order valence-corrected chi connectivity index (χ3v) is 3.29. The minimum Gasteiger partial charge on any atom is -0.396 e. The molecule has 4 nitrogen and oxygen atoms in total. The van der Waals surface area contributed by atoms with Crippen molar-refractivity contribution in [1.29, 1.82) is 0 Å². The predicted octanol–water partition coefficient (Wildman–Crippen LogP) is 2.26. The first-order valence-electron chi connectivity index (χ1n) is 5.67. The number of nitrogens with two attached hydrogens (primary N) is 1. The van der Waals surface area contributed by atoms with E-state index in [4.69, 9.17) is 28.9 Å². The third kappa shape index (κ3) is 4.05. The van der Waals surface area contributed by atoms with Gasteiger partial charge in [0, 0.05) is 18.7 Å². The van der Waals surface area contributed by atoms with Gasteiger partial charge in [0.05, 0.1) is 15.7 Å². The highest BCUT2D eigenvalue weighted by molar-refractivity contribution is 6.39. The molecule has 1 aromatic carbocycles. The number of rotatable bonds is 5. The summed E-state index contributed by atoms with van der Waals surface area (Å²) in [5.41, 5.74) is 6.31. The molecule has 0 unspecified atom stereocenters. The van der Waals surface area contributed by atoms with Crippen LogP contribution in [0.15, 0.2) is 12.1 Å². The van der Waals surface area contributed by atoms with Crippen LogP contribution in [0.3, 0.4) is 0 Å². The molecule has 1 rings (SSSR count). The number of nitrogens with one attached hydrogen (secondary N) is 1. The van der Waals surface area contributed by atoms with Crippen molar-refractivity contribution in [3.05, 3.63) is 27.7 Å². The lowest BCUT2D eigenvalue weighted by Gasteiger charge is -2.14. The fraction of sp³-hybridized carbons (Fsp3) is 0.417. The second kappa shape index (κ2) is 6.83. The summed E-state index contributed by atoms with van der Waals surface area (Å²) in [6, 6.07) is 3.03. The monoisotopic (exact) mass is 289 g/mol. The highest BCUT2D eigenvalue weighted by Crippen LogP contribution is 2.28. The van der Waals surface area contributed by atoms with E-state index < -0.39 is 0 Å². The molecule has 0 saturated heterocycles. The van der Waals surface area contributed by atoms with Crippen molar-refractivity contribution < 1.29 is 4.79 Å². The lowest BCUT2D eigenvalue weighted by Crippen LogP contribution is -2.32. The number of likely N-dealkylation sites (N-methyl/N-ethyl adjacent to an activating group) is 1. The molecule has 0 spiro atoms. The number of anilines is 1. The van der Waals surface area contributed by atoms with E-state index in [2.05, 4.69) is 17.1 Å². The molecule has 18 heavy (non-hydrogen) atoms. The van der Waals surface area contributed by atoms with Crippen LogP contribution in [0.4, 0.5) is 5.69 Å². The van der Waals surface area contributed by atoms with Gasteiger partial charge in [-0.05, 0) is 25.7 Å². The van der Waals surface area contributed by atoms with E-state index in [1.165, 1.54) is 12.1 Å². The summed E-state index contributed by atoms with van der Waals surface area (Å²) in [5, 5.41) is 3.38. The largest absolute Gasteiger partial charge is 0.396 e. The van der Waals surface area contributed by atoms with Gasteiger partial charge < -0.3 is 16.0 Å². The molecule has 0 aliphatic heterocycles. The summed E-state index contributed by atoms with van der Waals surface area (Å²) in [4.78, 5) is 13.9. The summed E-state index contributed by atoms with van der Waals surface area (Å²) >= 11 is 11.7. The average molecular weight is 290 g/mol. The molecular formula is C12H17Cl2N3O. The Kier molecular flexibility index (Phi) is 5.72. The van der Waals surface area contributed by atoms with Gasteiger partial charge in [0.15, 0.2) is 0 Å². The number of nitrogen functional groups attached to an aromatic ring is 1. The molecule has 0 aromatic heterocycles. The molecule has 0 bridgehead atoms. The first kappa shape index (κ1) is 15.1. The molecule has 3 N–H and O–H groups in total. The molecule has 1 aromatic rings. The van der Waals surface area contributed by atoms with Gasteiger partial charge in [-0.25, -0.2) is 0 Å². The fourth-order valence-electron chi connectivity index (χ4n) is 1.34. The fourth-order valence-corrected chi connectivity index (χ4v) is 1.82. The molecule has 0 heterocycles. The second-order valence-corrected chi connectivity index (χ2v) is 4.82. The maximum absolute atomic E-state index is 11.8. The van der Waals surface area contributed by atoms with Crippen molar-refractivity contribution in [2.75, 3.05) is 32.4 Å². The molecule has 1 amide bonds. The summed E-state index contributed by atoms with van der Waals surface area (Å²) in [6.45, 7) is 4.36. The first-order chi connectivity index (χ1) is 8.45. The molecule has 0 saturated carbocycles. The number of halogens is 2. The zero-order valence-electron chi connectivity index (χ0n) is 10.5. The van der Waals surface area contributed by atoms with Crippen LogP contribution in [0.25, 0.3) is 0 Å². The Hall–Kier alpha value is -0.970. The number of hydrogen-bond donors (Lipinski definition) is 2. The number of hydrogen-bond acceptors (Lipinski definition) is 3. The Balaban J connectivity index is 2.62. The lowest BCUT2D eigenvalue weighted by molar-refractivity contribution is 0.0950. The van der Waals surface area contributed by atoms with Crippen LogP contribution in [-0.4, -0.2) is 37.5 Å². The molecule has 0 aliphatic carbocycles. The number of carbonyl (C=O) groups is 1. The van der Waals surface area contributed by atoms with E-state index in [0.29, 0.717) is 27.8 Å².